The lowest BCUT2D eigenvalue weighted by molar-refractivity contribution is 0.232. The van der Waals surface area contributed by atoms with E-state index in [0.717, 1.165) is 18.4 Å². The van der Waals surface area contributed by atoms with Crippen LogP contribution < -0.4 is 24.8 Å². The van der Waals surface area contributed by atoms with Gasteiger partial charge in [0.15, 0.2) is 0 Å². The van der Waals surface area contributed by atoms with Gasteiger partial charge in [0.2, 0.25) is 0 Å². The molecule has 0 aliphatic heterocycles. The van der Waals surface area contributed by atoms with Crippen molar-refractivity contribution in [3.63, 3.8) is 0 Å². The first-order valence-corrected chi connectivity index (χ1v) is 8.51. The van der Waals surface area contributed by atoms with E-state index >= 15 is 0 Å². The highest BCUT2D eigenvalue weighted by atomic mass is 16.5. The number of nitrogens with one attached hydrogen (secondary N) is 2. The van der Waals surface area contributed by atoms with Gasteiger partial charge in [-0.1, -0.05) is 19.3 Å². The molecular formula is C18H28N2O4. The van der Waals surface area contributed by atoms with Crippen molar-refractivity contribution in [3.05, 3.63) is 17.7 Å². The molecule has 2 rings (SSSR count). The summed E-state index contributed by atoms with van der Waals surface area (Å²) in [5.74, 6) is 2.07. The van der Waals surface area contributed by atoms with Crippen LogP contribution in [0, 0.1) is 0 Å². The van der Waals surface area contributed by atoms with Crippen LogP contribution in [0.5, 0.6) is 17.2 Å². The molecule has 1 aliphatic rings. The average molecular weight is 336 g/mol. The molecule has 24 heavy (non-hydrogen) atoms. The Balaban J connectivity index is 1.89. The fraction of sp³-hybridized carbons (Fsp3) is 0.611. The fourth-order valence-corrected chi connectivity index (χ4v) is 3.11. The number of carbonyl (C=O) groups excluding carboxylic acids is 1. The van der Waals surface area contributed by atoms with Crippen LogP contribution in [0.15, 0.2) is 12.1 Å². The van der Waals surface area contributed by atoms with Crippen molar-refractivity contribution in [2.75, 3.05) is 27.9 Å². The highest BCUT2D eigenvalue weighted by molar-refractivity contribution is 5.74. The maximum atomic E-state index is 12.0. The van der Waals surface area contributed by atoms with Gasteiger partial charge in [-0.25, -0.2) is 4.79 Å². The van der Waals surface area contributed by atoms with E-state index in [1.165, 1.54) is 19.3 Å². The zero-order valence-corrected chi connectivity index (χ0v) is 14.8. The molecule has 0 bridgehead atoms. The molecule has 0 radical (unpaired) electrons. The third kappa shape index (κ3) is 4.94. The van der Waals surface area contributed by atoms with Crippen molar-refractivity contribution >= 4 is 6.03 Å². The number of urea groups is 1. The van der Waals surface area contributed by atoms with Gasteiger partial charge in [-0.15, -0.1) is 0 Å². The van der Waals surface area contributed by atoms with Gasteiger partial charge in [0.1, 0.15) is 17.2 Å². The molecule has 2 N–H and O–H groups in total. The second-order valence-corrected chi connectivity index (χ2v) is 6.00. The molecule has 2 amide bonds. The van der Waals surface area contributed by atoms with Gasteiger partial charge in [0.25, 0.3) is 0 Å². The largest absolute Gasteiger partial charge is 0.496 e. The van der Waals surface area contributed by atoms with Crippen LogP contribution in [0.2, 0.25) is 0 Å². The molecule has 1 aromatic rings. The lowest BCUT2D eigenvalue weighted by Crippen LogP contribution is -2.43. The maximum Gasteiger partial charge on any atom is 0.315 e. The van der Waals surface area contributed by atoms with Crippen molar-refractivity contribution in [3.8, 4) is 17.2 Å². The zero-order chi connectivity index (χ0) is 17.4. The summed E-state index contributed by atoms with van der Waals surface area (Å²) in [6, 6.07) is 3.84. The van der Waals surface area contributed by atoms with E-state index in [2.05, 4.69) is 10.6 Å². The first-order chi connectivity index (χ1) is 11.7. The van der Waals surface area contributed by atoms with Crippen molar-refractivity contribution in [1.82, 2.24) is 10.6 Å². The summed E-state index contributed by atoms with van der Waals surface area (Å²) < 4.78 is 16.1. The summed E-state index contributed by atoms with van der Waals surface area (Å²) in [4.78, 5) is 12.0. The molecule has 0 unspecified atom stereocenters. The summed E-state index contributed by atoms with van der Waals surface area (Å²) in [6.45, 7) is 0.512. The number of ether oxygens (including phenoxy) is 3. The van der Waals surface area contributed by atoms with Gasteiger partial charge in [-0.05, 0) is 19.3 Å². The van der Waals surface area contributed by atoms with E-state index < -0.39 is 0 Å². The first kappa shape index (κ1) is 18.2. The van der Waals surface area contributed by atoms with Crippen LogP contribution in [0.1, 0.15) is 37.7 Å². The van der Waals surface area contributed by atoms with Crippen LogP contribution in [-0.4, -0.2) is 39.9 Å². The van der Waals surface area contributed by atoms with E-state index in [9.17, 15) is 4.79 Å². The number of hydrogen-bond acceptors (Lipinski definition) is 4. The molecule has 6 heteroatoms. The summed E-state index contributed by atoms with van der Waals surface area (Å²) in [5.41, 5.74) is 0.916. The number of methoxy groups -OCH3 is 3. The topological polar surface area (TPSA) is 68.8 Å². The Morgan fingerprint density at radius 2 is 1.67 bits per heavy atom. The third-order valence-corrected chi connectivity index (χ3v) is 4.42. The van der Waals surface area contributed by atoms with Gasteiger partial charge in [0.05, 0.1) is 21.3 Å². The average Bonchev–Trinajstić information content (AvgIpc) is 2.62. The summed E-state index contributed by atoms with van der Waals surface area (Å²) in [7, 11) is 4.83. The summed E-state index contributed by atoms with van der Waals surface area (Å²) >= 11 is 0. The number of carbonyl (C=O) groups is 1. The number of benzene rings is 1. The molecule has 0 aromatic heterocycles. The van der Waals surface area contributed by atoms with Gasteiger partial charge in [-0.3, -0.25) is 0 Å². The minimum Gasteiger partial charge on any atom is -0.496 e. The molecule has 1 aliphatic carbocycles. The number of rotatable bonds is 7. The van der Waals surface area contributed by atoms with Crippen molar-refractivity contribution in [2.45, 2.75) is 44.6 Å². The van der Waals surface area contributed by atoms with Gasteiger partial charge in [0, 0.05) is 30.3 Å². The quantitative estimate of drug-likeness (QED) is 0.803. The molecular weight excluding hydrogens is 308 g/mol. The second-order valence-electron chi connectivity index (χ2n) is 6.00. The Morgan fingerprint density at radius 1 is 1.04 bits per heavy atom. The third-order valence-electron chi connectivity index (χ3n) is 4.42. The summed E-state index contributed by atoms with van der Waals surface area (Å²) in [5, 5.41) is 5.97. The summed E-state index contributed by atoms with van der Waals surface area (Å²) in [6.07, 6.45) is 6.45. The second kappa shape index (κ2) is 9.25. The smallest absolute Gasteiger partial charge is 0.315 e. The van der Waals surface area contributed by atoms with E-state index in [1.807, 2.05) is 12.1 Å². The zero-order valence-electron chi connectivity index (χ0n) is 14.8. The van der Waals surface area contributed by atoms with Crippen LogP contribution in [-0.2, 0) is 6.42 Å². The van der Waals surface area contributed by atoms with Crippen LogP contribution in [0.4, 0.5) is 4.79 Å². The van der Waals surface area contributed by atoms with Gasteiger partial charge >= 0.3 is 6.03 Å². The fourth-order valence-electron chi connectivity index (χ4n) is 3.11. The molecule has 0 atom stereocenters. The van der Waals surface area contributed by atoms with Crippen molar-refractivity contribution in [2.24, 2.45) is 0 Å². The van der Waals surface area contributed by atoms with Gasteiger partial charge < -0.3 is 24.8 Å². The monoisotopic (exact) mass is 336 g/mol. The maximum absolute atomic E-state index is 12.0. The number of amides is 2. The normalized spacial score (nSPS) is 14.8. The Hall–Kier alpha value is -2.11. The lowest BCUT2D eigenvalue weighted by atomic mass is 9.96. The Morgan fingerprint density at radius 3 is 2.21 bits per heavy atom. The Kier molecular flexibility index (Phi) is 7.03. The highest BCUT2D eigenvalue weighted by Crippen LogP contribution is 2.34. The lowest BCUT2D eigenvalue weighted by Gasteiger charge is -2.23. The molecule has 0 spiro atoms. The minimum atomic E-state index is -0.103. The minimum absolute atomic E-state index is 0.103. The number of hydrogen-bond donors (Lipinski definition) is 2. The van der Waals surface area contributed by atoms with E-state index in [1.54, 1.807) is 21.3 Å². The standard InChI is InChI=1S/C18H28N2O4/c1-22-14-11-16(23-2)15(17(12-14)24-3)9-10-19-18(21)20-13-7-5-4-6-8-13/h11-13H,4-10H2,1-3H3,(H2,19,20,21). The SMILES string of the molecule is COc1cc(OC)c(CCNC(=O)NC2CCCCC2)c(OC)c1. The van der Waals surface area contributed by atoms with E-state index in [-0.39, 0.29) is 6.03 Å². The van der Waals surface area contributed by atoms with Gasteiger partial charge in [-0.2, -0.15) is 0 Å². The van der Waals surface area contributed by atoms with E-state index in [4.69, 9.17) is 14.2 Å². The predicted octanol–water partition coefficient (Wildman–Crippen LogP) is 2.89. The molecule has 134 valence electrons. The highest BCUT2D eigenvalue weighted by Gasteiger charge is 2.16. The molecule has 0 saturated heterocycles. The molecule has 6 nitrogen and oxygen atoms in total. The van der Waals surface area contributed by atoms with Crippen LogP contribution in [0.3, 0.4) is 0 Å². The van der Waals surface area contributed by atoms with Crippen LogP contribution in [0.25, 0.3) is 0 Å². The van der Waals surface area contributed by atoms with Crippen molar-refractivity contribution in [1.29, 1.82) is 0 Å². The Labute approximate surface area is 143 Å². The Bertz CT molecular complexity index is 517. The molecule has 1 fully saturated rings. The molecule has 1 aromatic carbocycles. The predicted molar refractivity (Wildman–Crippen MR) is 93.2 cm³/mol. The molecule has 0 heterocycles. The first-order valence-electron chi connectivity index (χ1n) is 8.51. The van der Waals surface area contributed by atoms with E-state index in [0.29, 0.717) is 36.3 Å². The van der Waals surface area contributed by atoms with Crippen LogP contribution >= 0.6 is 0 Å². The van der Waals surface area contributed by atoms with Crippen molar-refractivity contribution < 1.29 is 19.0 Å². The molecule has 1 saturated carbocycles.